The van der Waals surface area contributed by atoms with Crippen LogP contribution in [0.25, 0.3) is 0 Å². The predicted octanol–water partition coefficient (Wildman–Crippen LogP) is 3.45. The van der Waals surface area contributed by atoms with Crippen molar-refractivity contribution in [3.63, 3.8) is 0 Å². The van der Waals surface area contributed by atoms with Gasteiger partial charge in [-0.05, 0) is 46.6 Å². The number of aryl methyl sites for hydroxylation is 1. The molecule has 6 heteroatoms. The standard InChI is InChI=1S/C12H9BrClN3O/c1-7-4-9(6-16-11(7)14)17-12(18)8-2-3-15-10(13)5-8/h2-6H,1H3,(H,17,18). The number of aromatic nitrogens is 2. The molecule has 0 saturated carbocycles. The Hall–Kier alpha value is -1.46. The Morgan fingerprint density at radius 2 is 2.17 bits per heavy atom. The van der Waals surface area contributed by atoms with Crippen LogP contribution in [0.15, 0.2) is 35.2 Å². The summed E-state index contributed by atoms with van der Waals surface area (Å²) < 4.78 is 0.612. The zero-order chi connectivity index (χ0) is 13.1. The second kappa shape index (κ2) is 5.46. The van der Waals surface area contributed by atoms with E-state index in [9.17, 15) is 4.79 Å². The number of nitrogens with one attached hydrogen (secondary N) is 1. The van der Waals surface area contributed by atoms with Crippen LogP contribution in [0.1, 0.15) is 15.9 Å². The molecule has 2 aromatic rings. The summed E-state index contributed by atoms with van der Waals surface area (Å²) in [7, 11) is 0. The van der Waals surface area contributed by atoms with E-state index in [1.165, 1.54) is 6.20 Å². The van der Waals surface area contributed by atoms with E-state index < -0.39 is 0 Å². The van der Waals surface area contributed by atoms with E-state index in [4.69, 9.17) is 11.6 Å². The molecule has 4 nitrogen and oxygen atoms in total. The first-order valence-corrected chi connectivity index (χ1v) is 6.28. The van der Waals surface area contributed by atoms with Gasteiger partial charge in [-0.3, -0.25) is 4.79 Å². The molecule has 0 aliphatic heterocycles. The van der Waals surface area contributed by atoms with E-state index in [0.717, 1.165) is 5.56 Å². The van der Waals surface area contributed by atoms with Crippen molar-refractivity contribution in [1.29, 1.82) is 0 Å². The monoisotopic (exact) mass is 325 g/mol. The number of amides is 1. The topological polar surface area (TPSA) is 54.9 Å². The highest BCUT2D eigenvalue weighted by Gasteiger charge is 2.07. The van der Waals surface area contributed by atoms with E-state index in [-0.39, 0.29) is 5.91 Å². The van der Waals surface area contributed by atoms with E-state index in [1.54, 1.807) is 24.4 Å². The Balaban J connectivity index is 2.18. The Bertz CT molecular complexity index is 604. The van der Waals surface area contributed by atoms with Crippen molar-refractivity contribution in [2.45, 2.75) is 6.92 Å². The molecule has 0 aromatic carbocycles. The van der Waals surface area contributed by atoms with Crippen molar-refractivity contribution in [3.8, 4) is 0 Å². The average molecular weight is 327 g/mol. The first-order valence-electron chi connectivity index (χ1n) is 5.11. The number of anilines is 1. The third-order valence-electron chi connectivity index (χ3n) is 2.26. The molecule has 0 saturated heterocycles. The van der Waals surface area contributed by atoms with Crippen LogP contribution in [0.3, 0.4) is 0 Å². The van der Waals surface area contributed by atoms with E-state index >= 15 is 0 Å². The summed E-state index contributed by atoms with van der Waals surface area (Å²) in [4.78, 5) is 19.9. The molecule has 0 atom stereocenters. The normalized spacial score (nSPS) is 10.2. The summed E-state index contributed by atoms with van der Waals surface area (Å²) in [5.74, 6) is -0.221. The number of carbonyl (C=O) groups is 1. The van der Waals surface area contributed by atoms with Crippen LogP contribution in [0.4, 0.5) is 5.69 Å². The second-order valence-electron chi connectivity index (χ2n) is 3.65. The maximum atomic E-state index is 11.9. The average Bonchev–Trinajstić information content (AvgIpc) is 2.34. The van der Waals surface area contributed by atoms with Gasteiger partial charge in [-0.15, -0.1) is 0 Å². The van der Waals surface area contributed by atoms with Gasteiger partial charge in [-0.1, -0.05) is 11.6 Å². The highest BCUT2D eigenvalue weighted by Crippen LogP contribution is 2.17. The molecule has 0 spiro atoms. The van der Waals surface area contributed by atoms with Gasteiger partial charge in [0.15, 0.2) is 0 Å². The van der Waals surface area contributed by atoms with Crippen molar-refractivity contribution in [2.75, 3.05) is 5.32 Å². The number of hydrogen-bond donors (Lipinski definition) is 1. The molecule has 0 unspecified atom stereocenters. The SMILES string of the molecule is Cc1cc(NC(=O)c2ccnc(Br)c2)cnc1Cl. The highest BCUT2D eigenvalue weighted by atomic mass is 79.9. The summed E-state index contributed by atoms with van der Waals surface area (Å²) in [6, 6.07) is 5.05. The lowest BCUT2D eigenvalue weighted by Gasteiger charge is -2.06. The molecule has 2 aromatic heterocycles. The minimum atomic E-state index is -0.221. The van der Waals surface area contributed by atoms with Gasteiger partial charge in [0.2, 0.25) is 0 Å². The summed E-state index contributed by atoms with van der Waals surface area (Å²) in [6.45, 7) is 1.83. The van der Waals surface area contributed by atoms with Gasteiger partial charge in [0, 0.05) is 11.8 Å². The maximum absolute atomic E-state index is 11.9. The van der Waals surface area contributed by atoms with Crippen LogP contribution in [0.5, 0.6) is 0 Å². The quantitative estimate of drug-likeness (QED) is 0.860. The first-order chi connectivity index (χ1) is 8.56. The predicted molar refractivity (Wildman–Crippen MR) is 73.9 cm³/mol. The third-order valence-corrected chi connectivity index (χ3v) is 3.09. The van der Waals surface area contributed by atoms with Crippen LogP contribution < -0.4 is 5.32 Å². The Morgan fingerprint density at radius 1 is 1.39 bits per heavy atom. The zero-order valence-electron chi connectivity index (χ0n) is 9.45. The Kier molecular flexibility index (Phi) is 3.93. The minimum Gasteiger partial charge on any atom is -0.321 e. The second-order valence-corrected chi connectivity index (χ2v) is 4.82. The van der Waals surface area contributed by atoms with Crippen molar-refractivity contribution >= 4 is 39.1 Å². The Morgan fingerprint density at radius 3 is 2.83 bits per heavy atom. The molecular weight excluding hydrogens is 318 g/mol. The molecule has 2 rings (SSSR count). The number of hydrogen-bond acceptors (Lipinski definition) is 3. The van der Waals surface area contributed by atoms with Gasteiger partial charge in [0.1, 0.15) is 9.76 Å². The number of halogens is 2. The first kappa shape index (κ1) is 13.0. The van der Waals surface area contributed by atoms with Crippen molar-refractivity contribution in [3.05, 3.63) is 51.5 Å². The molecule has 1 N–H and O–H groups in total. The molecule has 92 valence electrons. The van der Waals surface area contributed by atoms with Crippen LogP contribution in [0, 0.1) is 6.92 Å². The summed E-state index contributed by atoms with van der Waals surface area (Å²) in [5, 5.41) is 3.18. The number of pyridine rings is 2. The molecule has 2 heterocycles. The minimum absolute atomic E-state index is 0.221. The van der Waals surface area contributed by atoms with Gasteiger partial charge in [0.05, 0.1) is 11.9 Å². The molecule has 0 aliphatic rings. The van der Waals surface area contributed by atoms with Gasteiger partial charge >= 0.3 is 0 Å². The smallest absolute Gasteiger partial charge is 0.255 e. The van der Waals surface area contributed by atoms with E-state index in [2.05, 4.69) is 31.2 Å². The largest absolute Gasteiger partial charge is 0.321 e. The van der Waals surface area contributed by atoms with Crippen LogP contribution >= 0.6 is 27.5 Å². The van der Waals surface area contributed by atoms with Crippen molar-refractivity contribution < 1.29 is 4.79 Å². The van der Waals surface area contributed by atoms with Crippen LogP contribution in [-0.4, -0.2) is 15.9 Å². The van der Waals surface area contributed by atoms with E-state index in [1.807, 2.05) is 6.92 Å². The molecule has 0 aliphatic carbocycles. The fraction of sp³-hybridized carbons (Fsp3) is 0.0833. The molecule has 0 fully saturated rings. The van der Waals surface area contributed by atoms with E-state index in [0.29, 0.717) is 21.0 Å². The number of rotatable bonds is 2. The van der Waals surface area contributed by atoms with Gasteiger partial charge in [-0.2, -0.15) is 0 Å². The number of nitrogens with zero attached hydrogens (tertiary/aromatic N) is 2. The summed E-state index contributed by atoms with van der Waals surface area (Å²) >= 11 is 9.03. The zero-order valence-corrected chi connectivity index (χ0v) is 11.8. The van der Waals surface area contributed by atoms with Crippen LogP contribution in [-0.2, 0) is 0 Å². The molecule has 0 radical (unpaired) electrons. The lowest BCUT2D eigenvalue weighted by Crippen LogP contribution is -2.12. The fourth-order valence-electron chi connectivity index (χ4n) is 1.37. The molecule has 0 bridgehead atoms. The van der Waals surface area contributed by atoms with Crippen LogP contribution in [0.2, 0.25) is 5.15 Å². The number of carbonyl (C=O) groups excluding carboxylic acids is 1. The van der Waals surface area contributed by atoms with Gasteiger partial charge in [0.25, 0.3) is 5.91 Å². The summed E-state index contributed by atoms with van der Waals surface area (Å²) in [6.07, 6.45) is 3.08. The highest BCUT2D eigenvalue weighted by molar-refractivity contribution is 9.10. The van der Waals surface area contributed by atoms with Gasteiger partial charge in [-0.25, -0.2) is 9.97 Å². The van der Waals surface area contributed by atoms with Crippen molar-refractivity contribution in [1.82, 2.24) is 9.97 Å². The summed E-state index contributed by atoms with van der Waals surface area (Å²) in [5.41, 5.74) is 1.93. The fourth-order valence-corrected chi connectivity index (χ4v) is 1.84. The maximum Gasteiger partial charge on any atom is 0.255 e. The van der Waals surface area contributed by atoms with Crippen molar-refractivity contribution in [2.24, 2.45) is 0 Å². The lowest BCUT2D eigenvalue weighted by molar-refractivity contribution is 0.102. The Labute approximate surface area is 118 Å². The lowest BCUT2D eigenvalue weighted by atomic mass is 10.2. The third kappa shape index (κ3) is 3.05. The molecule has 1 amide bonds. The molecule has 18 heavy (non-hydrogen) atoms. The molecular formula is C12H9BrClN3O. The van der Waals surface area contributed by atoms with Gasteiger partial charge < -0.3 is 5.32 Å².